The lowest BCUT2D eigenvalue weighted by molar-refractivity contribution is 1.01. The topological polar surface area (TPSA) is 76.7 Å². The molecule has 5 heteroatoms. The highest BCUT2D eigenvalue weighted by Gasteiger charge is 2.05. The van der Waals surface area contributed by atoms with Crippen LogP contribution in [0, 0.1) is 6.92 Å². The maximum atomic E-state index is 5.83. The number of nitrogen functional groups attached to an aromatic ring is 1. The number of hydrogen-bond acceptors (Lipinski definition) is 5. The van der Waals surface area contributed by atoms with Crippen molar-refractivity contribution in [3.05, 3.63) is 54.1 Å². The van der Waals surface area contributed by atoms with Gasteiger partial charge in [0.05, 0.1) is 17.8 Å². The molecule has 0 radical (unpaired) electrons. The van der Waals surface area contributed by atoms with E-state index in [9.17, 15) is 0 Å². The van der Waals surface area contributed by atoms with Crippen LogP contribution in [0.1, 0.15) is 11.3 Å². The molecule has 100 valence electrons. The van der Waals surface area contributed by atoms with Gasteiger partial charge in [-0.15, -0.1) is 0 Å². The fourth-order valence-corrected chi connectivity index (χ4v) is 2.09. The summed E-state index contributed by atoms with van der Waals surface area (Å²) in [6, 6.07) is 9.58. The first-order valence-corrected chi connectivity index (χ1v) is 6.38. The Balaban J connectivity index is 1.91. The predicted molar refractivity (Wildman–Crippen MR) is 80.3 cm³/mol. The van der Waals surface area contributed by atoms with E-state index in [0.29, 0.717) is 12.2 Å². The fraction of sp³-hybridized carbons (Fsp3) is 0.133. The third kappa shape index (κ3) is 2.38. The number of fused-ring (bicyclic) bond motifs is 1. The summed E-state index contributed by atoms with van der Waals surface area (Å²) in [6.45, 7) is 2.66. The summed E-state index contributed by atoms with van der Waals surface area (Å²) in [5.41, 5.74) is 9.55. The molecule has 0 aliphatic heterocycles. The van der Waals surface area contributed by atoms with Crippen molar-refractivity contribution in [1.82, 2.24) is 15.0 Å². The molecule has 3 rings (SSSR count). The molecule has 0 aliphatic carbocycles. The van der Waals surface area contributed by atoms with E-state index in [-0.39, 0.29) is 0 Å². The van der Waals surface area contributed by atoms with Crippen molar-refractivity contribution >= 4 is 22.4 Å². The van der Waals surface area contributed by atoms with Crippen LogP contribution >= 0.6 is 0 Å². The Hall–Kier alpha value is -2.69. The van der Waals surface area contributed by atoms with Crippen molar-refractivity contribution < 1.29 is 0 Å². The van der Waals surface area contributed by atoms with Gasteiger partial charge in [0.25, 0.3) is 0 Å². The predicted octanol–water partition coefficient (Wildman–Crippen LogP) is 2.53. The van der Waals surface area contributed by atoms with E-state index in [4.69, 9.17) is 5.73 Å². The average molecular weight is 265 g/mol. The van der Waals surface area contributed by atoms with Crippen molar-refractivity contribution in [1.29, 1.82) is 0 Å². The molecule has 3 aromatic rings. The van der Waals surface area contributed by atoms with E-state index >= 15 is 0 Å². The van der Waals surface area contributed by atoms with Crippen LogP contribution in [0.15, 0.2) is 42.9 Å². The molecule has 0 atom stereocenters. The van der Waals surface area contributed by atoms with Crippen molar-refractivity contribution in [3.63, 3.8) is 0 Å². The summed E-state index contributed by atoms with van der Waals surface area (Å²) < 4.78 is 0. The largest absolute Gasteiger partial charge is 0.399 e. The Morgan fingerprint density at radius 3 is 2.90 bits per heavy atom. The Kier molecular flexibility index (Phi) is 3.16. The van der Waals surface area contributed by atoms with Gasteiger partial charge in [-0.1, -0.05) is 6.07 Å². The molecule has 3 N–H and O–H groups in total. The Morgan fingerprint density at radius 2 is 2.05 bits per heavy atom. The number of anilines is 2. The van der Waals surface area contributed by atoms with Crippen LogP contribution in [0.4, 0.5) is 11.5 Å². The molecule has 0 saturated carbocycles. The summed E-state index contributed by atoms with van der Waals surface area (Å²) in [7, 11) is 0. The normalized spacial score (nSPS) is 10.7. The second-order valence-corrected chi connectivity index (χ2v) is 4.62. The summed E-state index contributed by atoms with van der Waals surface area (Å²) in [5, 5.41) is 4.22. The van der Waals surface area contributed by atoms with Gasteiger partial charge in [-0.25, -0.2) is 9.97 Å². The maximum absolute atomic E-state index is 5.83. The highest BCUT2D eigenvalue weighted by atomic mass is 15.0. The van der Waals surface area contributed by atoms with Crippen molar-refractivity contribution in [3.8, 4) is 0 Å². The molecule has 0 saturated heterocycles. The molecule has 2 heterocycles. The molecular weight excluding hydrogens is 250 g/mol. The first kappa shape index (κ1) is 12.3. The van der Waals surface area contributed by atoms with E-state index in [2.05, 4.69) is 20.3 Å². The van der Waals surface area contributed by atoms with Crippen LogP contribution in [0.5, 0.6) is 0 Å². The van der Waals surface area contributed by atoms with Crippen molar-refractivity contribution in [2.24, 2.45) is 0 Å². The molecule has 20 heavy (non-hydrogen) atoms. The van der Waals surface area contributed by atoms with E-state index in [1.54, 1.807) is 12.5 Å². The zero-order valence-electron chi connectivity index (χ0n) is 11.2. The molecule has 0 fully saturated rings. The van der Waals surface area contributed by atoms with Gasteiger partial charge >= 0.3 is 0 Å². The van der Waals surface area contributed by atoms with Gasteiger partial charge in [0.15, 0.2) is 0 Å². The highest BCUT2D eigenvalue weighted by Crippen LogP contribution is 2.22. The van der Waals surface area contributed by atoms with Gasteiger partial charge < -0.3 is 11.1 Å². The quantitative estimate of drug-likeness (QED) is 0.712. The molecular formula is C15H15N5. The lowest BCUT2D eigenvalue weighted by Crippen LogP contribution is -2.05. The highest BCUT2D eigenvalue weighted by molar-refractivity contribution is 5.91. The van der Waals surface area contributed by atoms with Crippen LogP contribution in [0.3, 0.4) is 0 Å². The Morgan fingerprint density at radius 1 is 1.15 bits per heavy atom. The third-order valence-electron chi connectivity index (χ3n) is 3.20. The van der Waals surface area contributed by atoms with Crippen molar-refractivity contribution in [2.75, 3.05) is 11.1 Å². The van der Waals surface area contributed by atoms with Crippen LogP contribution < -0.4 is 11.1 Å². The lowest BCUT2D eigenvalue weighted by Gasteiger charge is -2.09. The fourth-order valence-electron chi connectivity index (χ4n) is 2.09. The summed E-state index contributed by atoms with van der Waals surface area (Å²) in [6.07, 6.45) is 3.34. The van der Waals surface area contributed by atoms with E-state index < -0.39 is 0 Å². The molecule has 0 aliphatic rings. The summed E-state index contributed by atoms with van der Waals surface area (Å²) in [5.74, 6) is 0.771. The van der Waals surface area contributed by atoms with E-state index in [1.807, 2.05) is 37.3 Å². The Bertz CT molecular complexity index is 754. The smallest absolute Gasteiger partial charge is 0.137 e. The number of nitrogens with two attached hydrogens (primary N) is 1. The SMILES string of the molecule is Cc1cccnc1CNc1ncnc2ccc(N)cc12. The zero-order chi connectivity index (χ0) is 13.9. The van der Waals surface area contributed by atoms with Crippen LogP contribution in [0.25, 0.3) is 10.9 Å². The minimum Gasteiger partial charge on any atom is -0.399 e. The minimum atomic E-state index is 0.619. The van der Waals surface area contributed by atoms with Gasteiger partial charge in [-0.3, -0.25) is 4.98 Å². The average Bonchev–Trinajstić information content (AvgIpc) is 2.46. The standard InChI is InChI=1S/C15H15N5/c1-10-3-2-6-17-14(10)8-18-15-12-7-11(16)4-5-13(12)19-9-20-15/h2-7,9H,8,16H2,1H3,(H,18,19,20). The van der Waals surface area contributed by atoms with Gasteiger partial charge in [0, 0.05) is 17.3 Å². The van der Waals surface area contributed by atoms with Crippen molar-refractivity contribution in [2.45, 2.75) is 13.5 Å². The summed E-state index contributed by atoms with van der Waals surface area (Å²) >= 11 is 0. The molecule has 0 unspecified atom stereocenters. The van der Waals surface area contributed by atoms with Gasteiger partial charge in [0.2, 0.25) is 0 Å². The molecule has 5 nitrogen and oxygen atoms in total. The van der Waals surface area contributed by atoms with Gasteiger partial charge in [-0.2, -0.15) is 0 Å². The van der Waals surface area contributed by atoms with Crippen LogP contribution in [0.2, 0.25) is 0 Å². The third-order valence-corrected chi connectivity index (χ3v) is 3.20. The monoisotopic (exact) mass is 265 g/mol. The second kappa shape index (κ2) is 5.13. The van der Waals surface area contributed by atoms with E-state index in [0.717, 1.165) is 28.0 Å². The number of nitrogens with zero attached hydrogens (tertiary/aromatic N) is 3. The molecule has 1 aromatic carbocycles. The molecule has 0 amide bonds. The maximum Gasteiger partial charge on any atom is 0.137 e. The molecule has 0 spiro atoms. The van der Waals surface area contributed by atoms with Gasteiger partial charge in [0.1, 0.15) is 12.1 Å². The first-order chi connectivity index (χ1) is 9.74. The summed E-state index contributed by atoms with van der Waals surface area (Å²) in [4.78, 5) is 12.9. The molecule has 0 bridgehead atoms. The number of rotatable bonds is 3. The number of hydrogen-bond donors (Lipinski definition) is 2. The van der Waals surface area contributed by atoms with Crippen LogP contribution in [-0.4, -0.2) is 15.0 Å². The van der Waals surface area contributed by atoms with Crippen LogP contribution in [-0.2, 0) is 6.54 Å². The zero-order valence-corrected chi connectivity index (χ0v) is 11.2. The number of benzene rings is 1. The second-order valence-electron chi connectivity index (χ2n) is 4.62. The van der Waals surface area contributed by atoms with E-state index in [1.165, 1.54) is 0 Å². The number of aryl methyl sites for hydroxylation is 1. The first-order valence-electron chi connectivity index (χ1n) is 6.38. The number of nitrogens with one attached hydrogen (secondary N) is 1. The lowest BCUT2D eigenvalue weighted by atomic mass is 10.2. The number of aromatic nitrogens is 3. The van der Waals surface area contributed by atoms with Gasteiger partial charge in [-0.05, 0) is 36.8 Å². The molecule has 2 aromatic heterocycles. The number of pyridine rings is 1. The Labute approximate surface area is 116 Å². The minimum absolute atomic E-state index is 0.619.